The molecule has 0 aromatic heterocycles. The van der Waals surface area contributed by atoms with Gasteiger partial charge in [0.15, 0.2) is 23.3 Å². The Bertz CT molecular complexity index is 685. The van der Waals surface area contributed by atoms with Crippen molar-refractivity contribution in [2.75, 3.05) is 0 Å². The Balaban J connectivity index is 3.03. The van der Waals surface area contributed by atoms with E-state index in [9.17, 15) is 17.6 Å². The van der Waals surface area contributed by atoms with E-state index in [2.05, 4.69) is 31.9 Å². The molecule has 2 aromatic carbocycles. The van der Waals surface area contributed by atoms with Crippen LogP contribution in [0.5, 0.6) is 0 Å². The fraction of sp³-hybridized carbons (Fsp3) is 0. The number of rotatable bonds is 1. The fourth-order valence-corrected chi connectivity index (χ4v) is 5.70. The molecule has 0 aliphatic carbocycles. The van der Waals surface area contributed by atoms with Crippen LogP contribution in [0.25, 0.3) is 11.1 Å². The molecular formula is C12Br2F4I4. The standard InChI is InChI=1S/C12Br2F4I4/c13-3-7(17)5(15)1(9(19)11(3)21)2-6(16)8(18)4(14)12(22)10(2)20. The third-order valence-electron chi connectivity index (χ3n) is 2.67. The summed E-state index contributed by atoms with van der Waals surface area (Å²) in [5.41, 5.74) is -0.561. The lowest BCUT2D eigenvalue weighted by molar-refractivity contribution is 0.494. The molecule has 0 nitrogen and oxygen atoms in total. The summed E-state index contributed by atoms with van der Waals surface area (Å²) < 4.78 is 58.1. The van der Waals surface area contributed by atoms with E-state index < -0.39 is 23.3 Å². The van der Waals surface area contributed by atoms with E-state index in [-0.39, 0.29) is 20.1 Å². The van der Waals surface area contributed by atoms with Gasteiger partial charge in [0.05, 0.1) is 8.95 Å². The molecule has 0 aliphatic heterocycles. The van der Waals surface area contributed by atoms with Crippen LogP contribution in [0.2, 0.25) is 0 Å². The Labute approximate surface area is 194 Å². The number of benzene rings is 2. The third-order valence-corrected chi connectivity index (χ3v) is 12.0. The van der Waals surface area contributed by atoms with E-state index in [1.54, 1.807) is 45.2 Å². The summed E-state index contributed by atoms with van der Waals surface area (Å²) in [5.74, 6) is -4.70. The molecule has 22 heavy (non-hydrogen) atoms. The van der Waals surface area contributed by atoms with Gasteiger partial charge in [-0.05, 0) is 122 Å². The Morgan fingerprint density at radius 2 is 0.773 bits per heavy atom. The zero-order valence-corrected chi connectivity index (χ0v) is 21.6. The average Bonchev–Trinajstić information content (AvgIpc) is 2.50. The minimum Gasteiger partial charge on any atom is -0.203 e. The second-order valence-electron chi connectivity index (χ2n) is 3.89. The Morgan fingerprint density at radius 1 is 0.500 bits per heavy atom. The first-order valence-corrected chi connectivity index (χ1v) is 11.0. The van der Waals surface area contributed by atoms with Crippen LogP contribution in [-0.2, 0) is 0 Å². The molecule has 0 saturated heterocycles. The molecule has 0 aliphatic rings. The van der Waals surface area contributed by atoms with Crippen molar-refractivity contribution in [2.24, 2.45) is 0 Å². The van der Waals surface area contributed by atoms with Gasteiger partial charge in [-0.2, -0.15) is 0 Å². The molecule has 0 unspecified atom stereocenters. The van der Waals surface area contributed by atoms with Crippen molar-refractivity contribution in [3.8, 4) is 11.1 Å². The summed E-state index contributed by atoms with van der Waals surface area (Å²) in [4.78, 5) is 0. The summed E-state index contributed by atoms with van der Waals surface area (Å²) in [6, 6.07) is 0. The van der Waals surface area contributed by atoms with Crippen molar-refractivity contribution in [1.29, 1.82) is 0 Å². The van der Waals surface area contributed by atoms with Crippen LogP contribution in [-0.4, -0.2) is 0 Å². The monoisotopic (exact) mass is 885 g/mol. The highest BCUT2D eigenvalue weighted by Crippen LogP contribution is 2.43. The predicted molar refractivity (Wildman–Crippen MR) is 118 cm³/mol. The largest absolute Gasteiger partial charge is 0.203 e. The molecule has 0 heterocycles. The van der Waals surface area contributed by atoms with Gasteiger partial charge in [-0.15, -0.1) is 0 Å². The smallest absolute Gasteiger partial charge is 0.174 e. The molecule has 0 radical (unpaired) electrons. The number of hydrogen-bond donors (Lipinski definition) is 0. The SMILES string of the molecule is Fc1c(F)c(-c2c(F)c(F)c(Br)c(I)c2I)c(I)c(I)c1Br. The van der Waals surface area contributed by atoms with Crippen molar-refractivity contribution in [3.63, 3.8) is 0 Å². The van der Waals surface area contributed by atoms with E-state index in [0.29, 0.717) is 14.3 Å². The topological polar surface area (TPSA) is 0 Å². The minimum absolute atomic E-state index is 0.0403. The van der Waals surface area contributed by atoms with Gasteiger partial charge in [0, 0.05) is 25.4 Å². The first-order valence-electron chi connectivity index (χ1n) is 5.14. The molecule has 0 amide bonds. The van der Waals surface area contributed by atoms with Gasteiger partial charge in [-0.1, -0.05) is 0 Å². The first-order chi connectivity index (χ1) is 10.1. The lowest BCUT2D eigenvalue weighted by Gasteiger charge is -2.16. The molecule has 0 atom stereocenters. The van der Waals surface area contributed by atoms with Crippen molar-refractivity contribution in [1.82, 2.24) is 0 Å². The van der Waals surface area contributed by atoms with Crippen molar-refractivity contribution in [2.45, 2.75) is 0 Å². The number of hydrogen-bond acceptors (Lipinski definition) is 0. The quantitative estimate of drug-likeness (QED) is 0.119. The van der Waals surface area contributed by atoms with Crippen LogP contribution in [0.15, 0.2) is 8.95 Å². The molecule has 0 fully saturated rings. The van der Waals surface area contributed by atoms with Gasteiger partial charge < -0.3 is 0 Å². The van der Waals surface area contributed by atoms with Crippen molar-refractivity contribution in [3.05, 3.63) is 46.5 Å². The van der Waals surface area contributed by atoms with Crippen molar-refractivity contribution < 1.29 is 17.6 Å². The van der Waals surface area contributed by atoms with E-state index >= 15 is 0 Å². The van der Waals surface area contributed by atoms with Crippen molar-refractivity contribution >= 4 is 122 Å². The summed E-state index contributed by atoms with van der Waals surface area (Å²) in [5, 5.41) is 0. The predicted octanol–water partition coefficient (Wildman–Crippen LogP) is 7.85. The van der Waals surface area contributed by atoms with E-state index in [0.717, 1.165) is 0 Å². The van der Waals surface area contributed by atoms with Gasteiger partial charge in [-0.3, -0.25) is 0 Å². The van der Waals surface area contributed by atoms with Crippen LogP contribution in [0, 0.1) is 37.5 Å². The maximum atomic E-state index is 14.4. The highest BCUT2D eigenvalue weighted by molar-refractivity contribution is 14.1. The molecule has 2 aromatic rings. The van der Waals surface area contributed by atoms with Gasteiger partial charge in [0.2, 0.25) is 0 Å². The molecule has 0 spiro atoms. The summed E-state index contributed by atoms with van der Waals surface area (Å²) in [7, 11) is 0. The van der Waals surface area contributed by atoms with Crippen LogP contribution in [0.4, 0.5) is 17.6 Å². The summed E-state index contributed by atoms with van der Waals surface area (Å²) >= 11 is 13.1. The molecular weight excluding hydrogens is 888 g/mol. The van der Waals surface area contributed by atoms with Crippen LogP contribution >= 0.6 is 122 Å². The Morgan fingerprint density at radius 3 is 1.05 bits per heavy atom. The molecule has 2 rings (SSSR count). The fourth-order valence-electron chi connectivity index (χ4n) is 1.65. The maximum Gasteiger partial charge on any atom is 0.174 e. The Hall–Kier alpha value is 2.04. The van der Waals surface area contributed by atoms with Gasteiger partial charge in [-0.25, -0.2) is 17.6 Å². The second kappa shape index (κ2) is 7.73. The van der Waals surface area contributed by atoms with E-state index in [1.165, 1.54) is 0 Å². The molecule has 10 heteroatoms. The average molecular weight is 888 g/mol. The molecule has 0 bridgehead atoms. The summed E-state index contributed by atoms with van der Waals surface area (Å²) in [6.07, 6.45) is 0. The third kappa shape index (κ3) is 3.34. The lowest BCUT2D eigenvalue weighted by Crippen LogP contribution is -2.05. The number of halogens is 10. The zero-order chi connectivity index (χ0) is 16.9. The van der Waals surface area contributed by atoms with Gasteiger partial charge in [0.1, 0.15) is 0 Å². The highest BCUT2D eigenvalue weighted by atomic mass is 127. The van der Waals surface area contributed by atoms with Crippen LogP contribution in [0.1, 0.15) is 0 Å². The normalized spacial score (nSPS) is 11.2. The Kier molecular flexibility index (Phi) is 7.16. The van der Waals surface area contributed by atoms with E-state index in [1.807, 2.05) is 45.2 Å². The maximum absolute atomic E-state index is 14.4. The van der Waals surface area contributed by atoms with Crippen LogP contribution < -0.4 is 0 Å². The van der Waals surface area contributed by atoms with E-state index in [4.69, 9.17) is 0 Å². The molecule has 118 valence electrons. The second-order valence-corrected chi connectivity index (χ2v) is 9.79. The highest BCUT2D eigenvalue weighted by Gasteiger charge is 2.29. The minimum atomic E-state index is -1.22. The lowest BCUT2D eigenvalue weighted by atomic mass is 10.0. The van der Waals surface area contributed by atoms with Gasteiger partial charge >= 0.3 is 0 Å². The first kappa shape index (κ1) is 20.4. The van der Waals surface area contributed by atoms with Crippen LogP contribution in [0.3, 0.4) is 0 Å². The molecule has 0 N–H and O–H groups in total. The molecule has 0 saturated carbocycles. The zero-order valence-electron chi connectivity index (χ0n) is 9.78. The van der Waals surface area contributed by atoms with Gasteiger partial charge in [0.25, 0.3) is 0 Å². The summed E-state index contributed by atoms with van der Waals surface area (Å²) in [6.45, 7) is 0.